The molecule has 0 atom stereocenters. The Labute approximate surface area is 130 Å². The second kappa shape index (κ2) is 7.11. The molecule has 1 heterocycles. The predicted octanol–water partition coefficient (Wildman–Crippen LogP) is 4.69. The molecule has 0 amide bonds. The molecule has 1 aromatic heterocycles. The first-order valence-corrected chi connectivity index (χ1v) is 7.87. The quantitative estimate of drug-likeness (QED) is 0.867. The lowest BCUT2D eigenvalue weighted by molar-refractivity contribution is 0.587. The molecule has 2 rings (SSSR count). The topological polar surface area (TPSA) is 24.9 Å². The molecule has 4 heteroatoms. The maximum atomic E-state index is 6.18. The van der Waals surface area contributed by atoms with Crippen LogP contribution in [-0.4, -0.2) is 11.0 Å². The fourth-order valence-corrected chi connectivity index (χ4v) is 2.87. The van der Waals surface area contributed by atoms with Crippen LogP contribution in [0.25, 0.3) is 0 Å². The van der Waals surface area contributed by atoms with Gasteiger partial charge >= 0.3 is 0 Å². The van der Waals surface area contributed by atoms with Crippen LogP contribution < -0.4 is 5.32 Å². The van der Waals surface area contributed by atoms with E-state index in [0.717, 1.165) is 21.5 Å². The van der Waals surface area contributed by atoms with Crippen molar-refractivity contribution in [2.24, 2.45) is 0 Å². The average Bonchev–Trinajstić information content (AvgIpc) is 2.41. The van der Waals surface area contributed by atoms with Crippen molar-refractivity contribution in [2.75, 3.05) is 0 Å². The van der Waals surface area contributed by atoms with Crippen molar-refractivity contribution < 1.29 is 0 Å². The highest BCUT2D eigenvalue weighted by molar-refractivity contribution is 7.99. The number of benzene rings is 1. The van der Waals surface area contributed by atoms with E-state index in [9.17, 15) is 0 Å². The van der Waals surface area contributed by atoms with Gasteiger partial charge in [-0.25, -0.2) is 4.98 Å². The summed E-state index contributed by atoms with van der Waals surface area (Å²) >= 11 is 7.79. The summed E-state index contributed by atoms with van der Waals surface area (Å²) in [7, 11) is 0. The van der Waals surface area contributed by atoms with Crippen LogP contribution >= 0.6 is 23.4 Å². The van der Waals surface area contributed by atoms with Gasteiger partial charge in [-0.15, -0.1) is 0 Å². The van der Waals surface area contributed by atoms with E-state index in [2.05, 4.69) is 37.1 Å². The lowest BCUT2D eigenvalue weighted by Crippen LogP contribution is -2.21. The van der Waals surface area contributed by atoms with Gasteiger partial charge in [-0.3, -0.25) is 0 Å². The number of hydrogen-bond donors (Lipinski definition) is 1. The largest absolute Gasteiger partial charge is 0.310 e. The number of rotatable bonds is 5. The highest BCUT2D eigenvalue weighted by Gasteiger charge is 2.07. The monoisotopic (exact) mass is 306 g/mol. The van der Waals surface area contributed by atoms with Crippen LogP contribution in [-0.2, 0) is 6.54 Å². The van der Waals surface area contributed by atoms with Gasteiger partial charge in [-0.2, -0.15) is 0 Å². The summed E-state index contributed by atoms with van der Waals surface area (Å²) in [6, 6.07) is 10.5. The fraction of sp³-hybridized carbons (Fsp3) is 0.312. The molecule has 0 saturated heterocycles. The van der Waals surface area contributed by atoms with Gasteiger partial charge in [0.15, 0.2) is 0 Å². The maximum absolute atomic E-state index is 6.18. The molecule has 0 aliphatic carbocycles. The summed E-state index contributed by atoms with van der Waals surface area (Å²) in [4.78, 5) is 5.60. The molecule has 0 aliphatic rings. The Kier molecular flexibility index (Phi) is 5.46. The van der Waals surface area contributed by atoms with Gasteiger partial charge in [-0.05, 0) is 30.2 Å². The van der Waals surface area contributed by atoms with Gasteiger partial charge in [0.2, 0.25) is 0 Å². The van der Waals surface area contributed by atoms with Crippen molar-refractivity contribution in [2.45, 2.75) is 43.3 Å². The van der Waals surface area contributed by atoms with E-state index in [1.807, 2.05) is 30.5 Å². The number of nitrogens with one attached hydrogen (secondary N) is 1. The molecule has 0 radical (unpaired) electrons. The summed E-state index contributed by atoms with van der Waals surface area (Å²) in [5.41, 5.74) is 2.39. The molecule has 0 saturated carbocycles. The summed E-state index contributed by atoms with van der Waals surface area (Å²) in [5.74, 6) is 0. The van der Waals surface area contributed by atoms with Gasteiger partial charge in [0, 0.05) is 23.7 Å². The Bertz CT molecular complexity index is 584. The molecular weight excluding hydrogens is 288 g/mol. The molecule has 1 aromatic carbocycles. The SMILES string of the molecule is Cc1cc(CNC(C)C)cnc1Sc1ccccc1Cl. The van der Waals surface area contributed by atoms with Crippen LogP contribution in [0, 0.1) is 6.92 Å². The molecular formula is C16H19ClN2S. The number of aromatic nitrogens is 1. The van der Waals surface area contributed by atoms with Crippen molar-refractivity contribution in [3.05, 3.63) is 52.7 Å². The third-order valence-electron chi connectivity index (χ3n) is 2.84. The maximum Gasteiger partial charge on any atom is 0.104 e. The summed E-state index contributed by atoms with van der Waals surface area (Å²) in [6.07, 6.45) is 1.93. The normalized spacial score (nSPS) is 11.1. The molecule has 2 nitrogen and oxygen atoms in total. The Morgan fingerprint density at radius 2 is 2.05 bits per heavy atom. The number of aryl methyl sites for hydroxylation is 1. The Hall–Kier alpha value is -1.03. The zero-order valence-electron chi connectivity index (χ0n) is 12.0. The first-order chi connectivity index (χ1) is 9.56. The minimum atomic E-state index is 0.479. The minimum absolute atomic E-state index is 0.479. The fourth-order valence-electron chi connectivity index (χ4n) is 1.78. The van der Waals surface area contributed by atoms with Gasteiger partial charge in [0.1, 0.15) is 5.03 Å². The van der Waals surface area contributed by atoms with Crippen LogP contribution in [0.2, 0.25) is 5.02 Å². The summed E-state index contributed by atoms with van der Waals surface area (Å²) < 4.78 is 0. The van der Waals surface area contributed by atoms with Crippen LogP contribution in [0.5, 0.6) is 0 Å². The van der Waals surface area contributed by atoms with Crippen LogP contribution in [0.1, 0.15) is 25.0 Å². The van der Waals surface area contributed by atoms with Gasteiger partial charge in [0.05, 0.1) is 5.02 Å². The van der Waals surface area contributed by atoms with E-state index in [4.69, 9.17) is 11.6 Å². The summed E-state index contributed by atoms with van der Waals surface area (Å²) in [6.45, 7) is 7.22. The van der Waals surface area contributed by atoms with E-state index in [1.165, 1.54) is 11.1 Å². The van der Waals surface area contributed by atoms with Crippen molar-refractivity contribution in [1.82, 2.24) is 10.3 Å². The molecule has 2 aromatic rings. The van der Waals surface area contributed by atoms with E-state index in [0.29, 0.717) is 6.04 Å². The van der Waals surface area contributed by atoms with Crippen molar-refractivity contribution in [1.29, 1.82) is 0 Å². The molecule has 0 aliphatic heterocycles. The number of pyridine rings is 1. The van der Waals surface area contributed by atoms with Crippen molar-refractivity contribution >= 4 is 23.4 Å². The van der Waals surface area contributed by atoms with E-state index < -0.39 is 0 Å². The lowest BCUT2D eigenvalue weighted by atomic mass is 10.2. The van der Waals surface area contributed by atoms with Gasteiger partial charge in [-0.1, -0.05) is 55.4 Å². The zero-order chi connectivity index (χ0) is 14.5. The molecule has 1 N–H and O–H groups in total. The van der Waals surface area contributed by atoms with Crippen LogP contribution in [0.4, 0.5) is 0 Å². The first-order valence-electron chi connectivity index (χ1n) is 6.67. The minimum Gasteiger partial charge on any atom is -0.310 e. The second-order valence-electron chi connectivity index (χ2n) is 5.03. The zero-order valence-corrected chi connectivity index (χ0v) is 13.6. The van der Waals surface area contributed by atoms with Crippen molar-refractivity contribution in [3.63, 3.8) is 0 Å². The van der Waals surface area contributed by atoms with Crippen molar-refractivity contribution in [3.8, 4) is 0 Å². The number of nitrogens with zero attached hydrogens (tertiary/aromatic N) is 1. The highest BCUT2D eigenvalue weighted by Crippen LogP contribution is 2.33. The van der Waals surface area contributed by atoms with Crippen LogP contribution in [0.15, 0.2) is 46.5 Å². The number of halogens is 1. The van der Waals surface area contributed by atoms with Gasteiger partial charge < -0.3 is 5.32 Å². The summed E-state index contributed by atoms with van der Waals surface area (Å²) in [5, 5.41) is 5.17. The predicted molar refractivity (Wildman–Crippen MR) is 86.5 cm³/mol. The molecule has 0 unspecified atom stereocenters. The second-order valence-corrected chi connectivity index (χ2v) is 6.47. The Morgan fingerprint density at radius 1 is 1.30 bits per heavy atom. The van der Waals surface area contributed by atoms with E-state index in [1.54, 1.807) is 11.8 Å². The molecule has 0 spiro atoms. The third-order valence-corrected chi connectivity index (χ3v) is 4.48. The third kappa shape index (κ3) is 4.23. The Balaban J connectivity index is 2.12. The number of hydrogen-bond acceptors (Lipinski definition) is 3. The van der Waals surface area contributed by atoms with E-state index >= 15 is 0 Å². The smallest absolute Gasteiger partial charge is 0.104 e. The van der Waals surface area contributed by atoms with Gasteiger partial charge in [0.25, 0.3) is 0 Å². The lowest BCUT2D eigenvalue weighted by Gasteiger charge is -2.10. The molecule has 20 heavy (non-hydrogen) atoms. The molecule has 0 fully saturated rings. The average molecular weight is 307 g/mol. The van der Waals surface area contributed by atoms with Crippen LogP contribution in [0.3, 0.4) is 0 Å². The highest BCUT2D eigenvalue weighted by atomic mass is 35.5. The molecule has 106 valence electrons. The first kappa shape index (κ1) is 15.4. The molecule has 0 bridgehead atoms. The van der Waals surface area contributed by atoms with E-state index in [-0.39, 0.29) is 0 Å². The Morgan fingerprint density at radius 3 is 2.70 bits per heavy atom. The standard InChI is InChI=1S/C16H19ClN2S/c1-11(2)18-9-13-8-12(3)16(19-10-13)20-15-7-5-4-6-14(15)17/h4-8,10-11,18H,9H2,1-3H3.